The van der Waals surface area contributed by atoms with E-state index in [-0.39, 0.29) is 17.0 Å². The maximum atomic E-state index is 12.6. The van der Waals surface area contributed by atoms with E-state index in [0.717, 1.165) is 16.5 Å². The molecule has 0 atom stereocenters. The van der Waals surface area contributed by atoms with Crippen molar-refractivity contribution < 1.29 is 9.72 Å². The van der Waals surface area contributed by atoms with Gasteiger partial charge >= 0.3 is 0 Å². The summed E-state index contributed by atoms with van der Waals surface area (Å²) in [4.78, 5) is 26.2. The van der Waals surface area contributed by atoms with Gasteiger partial charge < -0.3 is 4.98 Å². The van der Waals surface area contributed by atoms with E-state index in [1.54, 1.807) is 18.3 Å². The number of carbonyl (C=O) groups is 1. The van der Waals surface area contributed by atoms with Crippen LogP contribution in [0.2, 0.25) is 0 Å². The highest BCUT2D eigenvalue weighted by molar-refractivity contribution is 6.18. The van der Waals surface area contributed by atoms with Gasteiger partial charge in [-0.25, -0.2) is 0 Å². The lowest BCUT2D eigenvalue weighted by Gasteiger charge is -2.02. The van der Waals surface area contributed by atoms with Crippen LogP contribution in [-0.2, 0) is 0 Å². The first kappa shape index (κ1) is 13.1. The Hall–Kier alpha value is -2.95. The standard InChI is InChI=1S/C16H12N2O3/c1-10-6-7-14-12(8-10)13(9-17-14)16(19)11-4-2-3-5-15(11)18(20)21/h2-9,17H,1H3. The number of nitrogens with one attached hydrogen (secondary N) is 1. The second kappa shape index (κ2) is 4.86. The fourth-order valence-electron chi connectivity index (χ4n) is 2.39. The van der Waals surface area contributed by atoms with Crippen LogP contribution in [0.3, 0.4) is 0 Å². The summed E-state index contributed by atoms with van der Waals surface area (Å²) in [6.45, 7) is 1.94. The molecule has 0 aliphatic rings. The highest BCUT2D eigenvalue weighted by atomic mass is 16.6. The molecule has 0 aliphatic carbocycles. The molecule has 0 saturated carbocycles. The minimum absolute atomic E-state index is 0.102. The average Bonchev–Trinajstić information content (AvgIpc) is 2.89. The molecule has 1 N–H and O–H groups in total. The molecule has 0 spiro atoms. The van der Waals surface area contributed by atoms with Gasteiger partial charge in [-0.3, -0.25) is 14.9 Å². The fourth-order valence-corrected chi connectivity index (χ4v) is 2.39. The Morgan fingerprint density at radius 1 is 1.14 bits per heavy atom. The number of nitrogens with zero attached hydrogens (tertiary/aromatic N) is 1. The molecule has 0 aliphatic heterocycles. The van der Waals surface area contributed by atoms with Crippen LogP contribution >= 0.6 is 0 Å². The maximum absolute atomic E-state index is 12.6. The molecule has 1 aromatic heterocycles. The molecule has 5 heteroatoms. The van der Waals surface area contributed by atoms with Gasteiger partial charge in [0.05, 0.1) is 4.92 Å². The Labute approximate surface area is 120 Å². The lowest BCUT2D eigenvalue weighted by Crippen LogP contribution is -2.04. The molecular weight excluding hydrogens is 268 g/mol. The van der Waals surface area contributed by atoms with E-state index in [4.69, 9.17) is 0 Å². The topological polar surface area (TPSA) is 76.0 Å². The van der Waals surface area contributed by atoms with E-state index in [1.165, 1.54) is 12.1 Å². The number of carbonyl (C=O) groups excluding carboxylic acids is 1. The number of ketones is 1. The molecular formula is C16H12N2O3. The highest BCUT2D eigenvalue weighted by Gasteiger charge is 2.22. The number of hydrogen-bond donors (Lipinski definition) is 1. The van der Waals surface area contributed by atoms with E-state index in [1.807, 2.05) is 25.1 Å². The number of rotatable bonds is 3. The molecule has 0 fully saturated rings. The number of aromatic amines is 1. The SMILES string of the molecule is Cc1ccc2[nH]cc(C(=O)c3ccccc3[N+](=O)[O-])c2c1. The number of H-pyrrole nitrogens is 1. The van der Waals surface area contributed by atoms with Crippen LogP contribution in [0.4, 0.5) is 5.69 Å². The molecule has 5 nitrogen and oxygen atoms in total. The summed E-state index contributed by atoms with van der Waals surface area (Å²) in [6.07, 6.45) is 1.60. The van der Waals surface area contributed by atoms with Gasteiger partial charge in [0.2, 0.25) is 5.78 Å². The maximum Gasteiger partial charge on any atom is 0.280 e. The fraction of sp³-hybridized carbons (Fsp3) is 0.0625. The monoisotopic (exact) mass is 280 g/mol. The zero-order chi connectivity index (χ0) is 15.0. The quantitative estimate of drug-likeness (QED) is 0.452. The van der Waals surface area contributed by atoms with Gasteiger partial charge in [-0.2, -0.15) is 0 Å². The summed E-state index contributed by atoms with van der Waals surface area (Å²) >= 11 is 0. The highest BCUT2D eigenvalue weighted by Crippen LogP contribution is 2.26. The molecule has 3 aromatic rings. The molecule has 0 saturated heterocycles. The Kier molecular flexibility index (Phi) is 3.02. The van der Waals surface area contributed by atoms with Crippen molar-refractivity contribution in [2.75, 3.05) is 0 Å². The van der Waals surface area contributed by atoms with Crippen LogP contribution < -0.4 is 0 Å². The number of para-hydroxylation sites is 1. The molecule has 0 bridgehead atoms. The summed E-state index contributed by atoms with van der Waals surface area (Å²) in [5, 5.41) is 11.8. The van der Waals surface area contributed by atoms with E-state index < -0.39 is 4.92 Å². The number of fused-ring (bicyclic) bond motifs is 1. The van der Waals surface area contributed by atoms with Gasteiger partial charge in [0, 0.05) is 28.7 Å². The second-order valence-electron chi connectivity index (χ2n) is 4.85. The molecule has 104 valence electrons. The summed E-state index contributed by atoms with van der Waals surface area (Å²) in [6, 6.07) is 11.7. The van der Waals surface area contributed by atoms with Crippen molar-refractivity contribution >= 4 is 22.4 Å². The predicted octanol–water partition coefficient (Wildman–Crippen LogP) is 3.62. The van der Waals surface area contributed by atoms with Gasteiger partial charge in [-0.05, 0) is 25.1 Å². The first-order valence-corrected chi connectivity index (χ1v) is 6.44. The Balaban J connectivity index is 2.18. The third kappa shape index (κ3) is 2.18. The van der Waals surface area contributed by atoms with Gasteiger partial charge in [-0.1, -0.05) is 23.8 Å². The predicted molar refractivity (Wildman–Crippen MR) is 79.6 cm³/mol. The Morgan fingerprint density at radius 3 is 2.67 bits per heavy atom. The summed E-state index contributed by atoms with van der Waals surface area (Å²) in [5.74, 6) is -0.348. The summed E-state index contributed by atoms with van der Waals surface area (Å²) in [5.41, 5.74) is 2.23. The lowest BCUT2D eigenvalue weighted by atomic mass is 10.0. The van der Waals surface area contributed by atoms with Crippen LogP contribution in [0, 0.1) is 17.0 Å². The van der Waals surface area contributed by atoms with Crippen LogP contribution in [0.1, 0.15) is 21.5 Å². The number of aryl methyl sites for hydroxylation is 1. The van der Waals surface area contributed by atoms with Crippen molar-refractivity contribution in [3.8, 4) is 0 Å². The number of benzene rings is 2. The normalized spacial score (nSPS) is 10.7. The molecule has 0 unspecified atom stereocenters. The van der Waals surface area contributed by atoms with Crippen molar-refractivity contribution in [1.29, 1.82) is 0 Å². The van der Waals surface area contributed by atoms with Crippen LogP contribution in [0.15, 0.2) is 48.7 Å². The minimum atomic E-state index is -0.534. The molecule has 2 aromatic carbocycles. The van der Waals surface area contributed by atoms with E-state index in [0.29, 0.717) is 5.56 Å². The second-order valence-corrected chi connectivity index (χ2v) is 4.85. The summed E-state index contributed by atoms with van der Waals surface area (Å²) in [7, 11) is 0. The first-order valence-electron chi connectivity index (χ1n) is 6.44. The van der Waals surface area contributed by atoms with Crippen molar-refractivity contribution in [2.45, 2.75) is 6.92 Å². The minimum Gasteiger partial charge on any atom is -0.360 e. The van der Waals surface area contributed by atoms with Gasteiger partial charge in [0.1, 0.15) is 5.56 Å². The van der Waals surface area contributed by atoms with Crippen LogP contribution in [-0.4, -0.2) is 15.7 Å². The van der Waals surface area contributed by atoms with Gasteiger partial charge in [0.15, 0.2) is 0 Å². The van der Waals surface area contributed by atoms with E-state index in [9.17, 15) is 14.9 Å². The van der Waals surface area contributed by atoms with Crippen molar-refractivity contribution in [2.24, 2.45) is 0 Å². The molecule has 0 amide bonds. The largest absolute Gasteiger partial charge is 0.360 e. The van der Waals surface area contributed by atoms with E-state index in [2.05, 4.69) is 4.98 Å². The van der Waals surface area contributed by atoms with Crippen molar-refractivity contribution in [1.82, 2.24) is 4.98 Å². The van der Waals surface area contributed by atoms with Crippen molar-refractivity contribution in [3.05, 3.63) is 75.5 Å². The number of nitro benzene ring substituents is 1. The molecule has 0 radical (unpaired) electrons. The van der Waals surface area contributed by atoms with Gasteiger partial charge in [-0.15, -0.1) is 0 Å². The zero-order valence-corrected chi connectivity index (χ0v) is 11.3. The first-order chi connectivity index (χ1) is 10.1. The number of nitro groups is 1. The van der Waals surface area contributed by atoms with Gasteiger partial charge in [0.25, 0.3) is 5.69 Å². The van der Waals surface area contributed by atoms with Crippen molar-refractivity contribution in [3.63, 3.8) is 0 Å². The molecule has 3 rings (SSSR count). The Morgan fingerprint density at radius 2 is 1.90 bits per heavy atom. The van der Waals surface area contributed by atoms with Crippen LogP contribution in [0.25, 0.3) is 10.9 Å². The summed E-state index contributed by atoms with van der Waals surface area (Å²) < 4.78 is 0. The third-order valence-corrected chi connectivity index (χ3v) is 3.43. The zero-order valence-electron chi connectivity index (χ0n) is 11.3. The number of aromatic nitrogens is 1. The smallest absolute Gasteiger partial charge is 0.280 e. The average molecular weight is 280 g/mol. The lowest BCUT2D eigenvalue weighted by molar-refractivity contribution is -0.385. The molecule has 21 heavy (non-hydrogen) atoms. The van der Waals surface area contributed by atoms with E-state index >= 15 is 0 Å². The molecule has 1 heterocycles. The Bertz CT molecular complexity index is 865. The third-order valence-electron chi connectivity index (χ3n) is 3.43. The number of hydrogen-bond acceptors (Lipinski definition) is 3. The van der Waals surface area contributed by atoms with Crippen LogP contribution in [0.5, 0.6) is 0 Å².